The van der Waals surface area contributed by atoms with E-state index < -0.39 is 0 Å². The van der Waals surface area contributed by atoms with Crippen LogP contribution < -0.4 is 5.32 Å². The Morgan fingerprint density at radius 2 is 2.33 bits per heavy atom. The van der Waals surface area contributed by atoms with E-state index in [9.17, 15) is 4.79 Å². The smallest absolute Gasteiger partial charge is 0.311 e. The number of hydrogen-bond donors (Lipinski definition) is 1. The summed E-state index contributed by atoms with van der Waals surface area (Å²) in [6, 6.07) is 0. The number of nitrogens with one attached hydrogen (secondary N) is 1. The molecule has 3 nitrogen and oxygen atoms in total. The van der Waals surface area contributed by atoms with Crippen molar-refractivity contribution >= 4 is 11.6 Å². The third-order valence-corrected chi connectivity index (χ3v) is 2.22. The van der Waals surface area contributed by atoms with E-state index >= 15 is 0 Å². The highest BCUT2D eigenvalue weighted by atomic mass is 16.2. The fraction of sp³-hybridized carbons (Fsp3) is 0.778. The zero-order valence-electron chi connectivity index (χ0n) is 7.89. The Morgan fingerprint density at radius 1 is 1.58 bits per heavy atom. The van der Waals surface area contributed by atoms with Crippen LogP contribution in [0.1, 0.15) is 26.2 Å². The molecular formula is C9H17N2O+. The minimum atomic E-state index is 0.119. The first-order valence-corrected chi connectivity index (χ1v) is 4.61. The summed E-state index contributed by atoms with van der Waals surface area (Å²) in [6.07, 6.45) is 3.23. The molecule has 3 heteroatoms. The van der Waals surface area contributed by atoms with Gasteiger partial charge in [0, 0.05) is 13.0 Å². The molecule has 1 aliphatic rings. The van der Waals surface area contributed by atoms with Gasteiger partial charge in [0.2, 0.25) is 5.71 Å². The molecule has 1 N–H and O–H groups in total. The number of carbonyl (C=O) groups excluding carboxylic acids is 1. The predicted octanol–water partition coefficient (Wildman–Crippen LogP) is 0.390. The number of nitrogens with zero attached hydrogens (tertiary/aromatic N) is 1. The molecule has 1 rings (SSSR count). The van der Waals surface area contributed by atoms with E-state index in [0.29, 0.717) is 0 Å². The molecule has 1 heterocycles. The van der Waals surface area contributed by atoms with Gasteiger partial charge in [-0.1, -0.05) is 13.3 Å². The van der Waals surface area contributed by atoms with E-state index in [0.717, 1.165) is 31.6 Å². The first-order chi connectivity index (χ1) is 5.75. The fourth-order valence-electron chi connectivity index (χ4n) is 1.40. The van der Waals surface area contributed by atoms with E-state index in [1.807, 2.05) is 7.05 Å². The average molecular weight is 169 g/mol. The van der Waals surface area contributed by atoms with Crippen LogP contribution >= 0.6 is 0 Å². The van der Waals surface area contributed by atoms with Crippen molar-refractivity contribution in [2.75, 3.05) is 20.1 Å². The maximum atomic E-state index is 11.2. The summed E-state index contributed by atoms with van der Waals surface area (Å²) in [4.78, 5) is 11.2. The van der Waals surface area contributed by atoms with Gasteiger partial charge in [0.1, 0.15) is 13.6 Å². The molecule has 1 aliphatic heterocycles. The highest BCUT2D eigenvalue weighted by molar-refractivity contribution is 6.38. The Morgan fingerprint density at radius 3 is 2.83 bits per heavy atom. The van der Waals surface area contributed by atoms with Crippen LogP contribution in [0.5, 0.6) is 0 Å². The second kappa shape index (κ2) is 4.24. The lowest BCUT2D eigenvalue weighted by atomic mass is 10.3. The molecule has 0 spiro atoms. The Balaban J connectivity index is 2.55. The third kappa shape index (κ3) is 2.06. The maximum absolute atomic E-state index is 11.2. The molecule has 1 fully saturated rings. The van der Waals surface area contributed by atoms with Crippen LogP contribution in [0.2, 0.25) is 0 Å². The molecule has 1 amide bonds. The molecule has 0 aromatic heterocycles. The number of carbonyl (C=O) groups is 1. The molecule has 68 valence electrons. The molecule has 0 aromatic carbocycles. The summed E-state index contributed by atoms with van der Waals surface area (Å²) in [5, 5.41) is 2.81. The van der Waals surface area contributed by atoms with Crippen molar-refractivity contribution < 1.29 is 9.37 Å². The van der Waals surface area contributed by atoms with Gasteiger partial charge in [-0.3, -0.25) is 4.79 Å². The van der Waals surface area contributed by atoms with Gasteiger partial charge < -0.3 is 5.32 Å². The molecule has 0 bridgehead atoms. The van der Waals surface area contributed by atoms with E-state index in [-0.39, 0.29) is 5.91 Å². The molecule has 1 saturated heterocycles. The maximum Gasteiger partial charge on any atom is 0.311 e. The lowest BCUT2D eigenvalue weighted by Gasteiger charge is -1.97. The van der Waals surface area contributed by atoms with Crippen LogP contribution in [0, 0.1) is 0 Å². The monoisotopic (exact) mass is 169 g/mol. The zero-order chi connectivity index (χ0) is 8.97. The zero-order valence-corrected chi connectivity index (χ0v) is 7.89. The van der Waals surface area contributed by atoms with Crippen molar-refractivity contribution in [3.8, 4) is 0 Å². The van der Waals surface area contributed by atoms with E-state index in [1.165, 1.54) is 6.42 Å². The predicted molar refractivity (Wildman–Crippen MR) is 48.6 cm³/mol. The van der Waals surface area contributed by atoms with Gasteiger partial charge in [-0.2, -0.15) is 0 Å². The van der Waals surface area contributed by atoms with Crippen LogP contribution in [0.4, 0.5) is 0 Å². The topological polar surface area (TPSA) is 32.1 Å². The molecule has 0 atom stereocenters. The summed E-state index contributed by atoms with van der Waals surface area (Å²) < 4.78 is 2.08. The average Bonchev–Trinajstić information content (AvgIpc) is 2.47. The van der Waals surface area contributed by atoms with E-state index in [4.69, 9.17) is 0 Å². The molecular weight excluding hydrogens is 152 g/mol. The van der Waals surface area contributed by atoms with Crippen LogP contribution in [0.25, 0.3) is 0 Å². The number of hydrogen-bond acceptors (Lipinski definition) is 1. The van der Waals surface area contributed by atoms with Crippen molar-refractivity contribution in [3.63, 3.8) is 0 Å². The van der Waals surface area contributed by atoms with Crippen molar-refractivity contribution in [1.82, 2.24) is 5.32 Å². The number of amides is 1. The Hall–Kier alpha value is -0.860. The third-order valence-electron chi connectivity index (χ3n) is 2.22. The molecule has 0 radical (unpaired) electrons. The highest BCUT2D eigenvalue weighted by Gasteiger charge is 2.25. The van der Waals surface area contributed by atoms with Crippen molar-refractivity contribution in [2.24, 2.45) is 0 Å². The van der Waals surface area contributed by atoms with E-state index in [2.05, 4.69) is 16.8 Å². The quantitative estimate of drug-likeness (QED) is 0.609. The van der Waals surface area contributed by atoms with Crippen molar-refractivity contribution in [3.05, 3.63) is 0 Å². The minimum absolute atomic E-state index is 0.119. The summed E-state index contributed by atoms with van der Waals surface area (Å²) in [6.45, 7) is 3.97. The number of unbranched alkanes of at least 4 members (excludes halogenated alkanes) is 1. The van der Waals surface area contributed by atoms with Gasteiger partial charge in [0.25, 0.3) is 0 Å². The van der Waals surface area contributed by atoms with Gasteiger partial charge in [-0.15, -0.1) is 0 Å². The van der Waals surface area contributed by atoms with Crippen LogP contribution in [-0.4, -0.2) is 36.3 Å². The summed E-state index contributed by atoms with van der Waals surface area (Å²) in [7, 11) is 2.00. The van der Waals surface area contributed by atoms with Crippen LogP contribution in [0.3, 0.4) is 0 Å². The first-order valence-electron chi connectivity index (χ1n) is 4.61. The molecule has 0 aromatic rings. The molecule has 0 saturated carbocycles. The lowest BCUT2D eigenvalue weighted by Crippen LogP contribution is -2.27. The first kappa shape index (κ1) is 9.23. The summed E-state index contributed by atoms with van der Waals surface area (Å²) >= 11 is 0. The normalized spacial score (nSPS) is 21.0. The van der Waals surface area contributed by atoms with Gasteiger partial charge in [-0.25, -0.2) is 4.58 Å². The highest BCUT2D eigenvalue weighted by Crippen LogP contribution is 1.96. The van der Waals surface area contributed by atoms with Crippen LogP contribution in [-0.2, 0) is 4.79 Å². The van der Waals surface area contributed by atoms with Gasteiger partial charge in [0.05, 0.1) is 6.42 Å². The van der Waals surface area contributed by atoms with Crippen LogP contribution in [0.15, 0.2) is 0 Å². The lowest BCUT2D eigenvalue weighted by molar-refractivity contribution is -0.497. The van der Waals surface area contributed by atoms with Crippen molar-refractivity contribution in [1.29, 1.82) is 0 Å². The second-order valence-corrected chi connectivity index (χ2v) is 3.23. The standard InChI is InChI=1S/C9H16N2O/c1-3-4-7-11(2)8-5-6-10-9(8)12/h3-7H2,1-2H3/p+1. The van der Waals surface area contributed by atoms with Crippen molar-refractivity contribution in [2.45, 2.75) is 26.2 Å². The van der Waals surface area contributed by atoms with Gasteiger partial charge >= 0.3 is 5.91 Å². The van der Waals surface area contributed by atoms with Gasteiger partial charge in [0.15, 0.2) is 0 Å². The Labute approximate surface area is 73.5 Å². The Kier molecular flexibility index (Phi) is 3.26. The second-order valence-electron chi connectivity index (χ2n) is 3.23. The molecule has 0 unspecified atom stereocenters. The Bertz CT molecular complexity index is 209. The number of rotatable bonds is 3. The van der Waals surface area contributed by atoms with E-state index in [1.54, 1.807) is 0 Å². The summed E-state index contributed by atoms with van der Waals surface area (Å²) in [5.74, 6) is 0.119. The largest absolute Gasteiger partial charge is 0.347 e. The SMILES string of the molecule is CCCC[N+](C)=C1CCNC1=O. The minimum Gasteiger partial charge on any atom is -0.347 e. The fourth-order valence-corrected chi connectivity index (χ4v) is 1.40. The molecule has 0 aliphatic carbocycles. The summed E-state index contributed by atoms with van der Waals surface area (Å²) in [5.41, 5.74) is 0.948. The van der Waals surface area contributed by atoms with Gasteiger partial charge in [-0.05, 0) is 0 Å². The molecule has 12 heavy (non-hydrogen) atoms.